The van der Waals surface area contributed by atoms with Gasteiger partial charge < -0.3 is 10.2 Å². The van der Waals surface area contributed by atoms with Gasteiger partial charge in [0.2, 0.25) is 11.8 Å². The molecule has 0 saturated carbocycles. The Hall–Kier alpha value is -3.42. The normalized spacial score (nSPS) is 11.5. The van der Waals surface area contributed by atoms with E-state index >= 15 is 0 Å². The maximum Gasteiger partial charge on any atom is 0.273 e. The second kappa shape index (κ2) is 13.0. The first-order valence-corrected chi connectivity index (χ1v) is 12.3. The second-order valence-corrected chi connectivity index (χ2v) is 9.14. The Labute approximate surface area is 220 Å². The Morgan fingerprint density at radius 3 is 2.33 bits per heavy atom. The van der Waals surface area contributed by atoms with Crippen LogP contribution in [0.15, 0.2) is 72.8 Å². The fourth-order valence-electron chi connectivity index (χ4n) is 3.86. The van der Waals surface area contributed by atoms with Gasteiger partial charge in [0, 0.05) is 31.1 Å². The number of nitro groups is 1. The third kappa shape index (κ3) is 7.29. The lowest BCUT2D eigenvalue weighted by Gasteiger charge is -2.31. The van der Waals surface area contributed by atoms with Crippen LogP contribution in [0.2, 0.25) is 10.0 Å². The molecule has 2 amide bonds. The van der Waals surface area contributed by atoms with Crippen LogP contribution in [-0.4, -0.2) is 34.2 Å². The molecule has 1 atom stereocenters. The maximum atomic E-state index is 13.7. The van der Waals surface area contributed by atoms with Gasteiger partial charge in [-0.1, -0.05) is 84.7 Å². The van der Waals surface area contributed by atoms with Crippen molar-refractivity contribution in [2.24, 2.45) is 0 Å². The van der Waals surface area contributed by atoms with Gasteiger partial charge in [0.05, 0.1) is 21.4 Å². The lowest BCUT2D eigenvalue weighted by molar-refractivity contribution is -0.385. The van der Waals surface area contributed by atoms with Crippen molar-refractivity contribution in [1.82, 2.24) is 10.2 Å². The third-order valence-corrected chi connectivity index (χ3v) is 6.43. The molecule has 0 fully saturated rings. The summed E-state index contributed by atoms with van der Waals surface area (Å²) in [7, 11) is 0. The van der Waals surface area contributed by atoms with Crippen LogP contribution in [-0.2, 0) is 29.0 Å². The van der Waals surface area contributed by atoms with Crippen LogP contribution in [0.1, 0.15) is 30.0 Å². The fraction of sp³-hybridized carbons (Fsp3) is 0.259. The third-order valence-electron chi connectivity index (χ3n) is 5.69. The number of nitrogens with zero attached hydrogens (tertiary/aromatic N) is 2. The number of hydrogen-bond donors (Lipinski definition) is 1. The average molecular weight is 528 g/mol. The number of nitrogens with one attached hydrogen (secondary N) is 1. The minimum Gasteiger partial charge on any atom is -0.354 e. The van der Waals surface area contributed by atoms with Crippen molar-refractivity contribution in [3.63, 3.8) is 0 Å². The summed E-state index contributed by atoms with van der Waals surface area (Å²) in [6.07, 6.45) is 0.784. The molecule has 0 aliphatic rings. The predicted octanol–water partition coefficient (Wildman–Crippen LogP) is 5.61. The molecule has 1 N–H and O–H groups in total. The molecule has 36 heavy (non-hydrogen) atoms. The van der Waals surface area contributed by atoms with Gasteiger partial charge in [-0.3, -0.25) is 19.7 Å². The molecule has 3 aromatic rings. The number of carbonyl (C=O) groups is 2. The van der Waals surface area contributed by atoms with E-state index in [0.717, 1.165) is 12.0 Å². The van der Waals surface area contributed by atoms with E-state index < -0.39 is 16.9 Å². The zero-order chi connectivity index (χ0) is 26.1. The lowest BCUT2D eigenvalue weighted by Crippen LogP contribution is -2.51. The topological polar surface area (TPSA) is 92.6 Å². The Morgan fingerprint density at radius 2 is 1.67 bits per heavy atom. The molecule has 0 saturated heterocycles. The highest BCUT2D eigenvalue weighted by Gasteiger charge is 2.31. The quantitative estimate of drug-likeness (QED) is 0.259. The Morgan fingerprint density at radius 1 is 0.972 bits per heavy atom. The molecule has 0 aliphatic heterocycles. The minimum atomic E-state index is -0.844. The zero-order valence-electron chi connectivity index (χ0n) is 19.8. The van der Waals surface area contributed by atoms with Gasteiger partial charge in [0.25, 0.3) is 5.69 Å². The number of benzene rings is 3. The standard InChI is InChI=1S/C27H27Cl2N3O4/c1-2-14-30-27(34)25(16-19-8-4-3-5-9-19)31(18-20-12-13-22(28)23(29)15-20)26(33)17-21-10-6-7-11-24(21)32(35)36/h3-13,15,25H,2,14,16-18H2,1H3,(H,30,34)/t25-/m0/s1. The molecule has 0 unspecified atom stereocenters. The van der Waals surface area contributed by atoms with E-state index in [9.17, 15) is 19.7 Å². The number of halogens is 2. The van der Waals surface area contributed by atoms with Gasteiger partial charge >= 0.3 is 0 Å². The maximum absolute atomic E-state index is 13.7. The monoisotopic (exact) mass is 527 g/mol. The van der Waals surface area contributed by atoms with E-state index in [1.165, 1.54) is 11.0 Å². The van der Waals surface area contributed by atoms with Crippen LogP contribution in [0.4, 0.5) is 5.69 Å². The number of hydrogen-bond acceptors (Lipinski definition) is 4. The Kier molecular flexibility index (Phi) is 9.85. The molecule has 0 spiro atoms. The number of rotatable bonds is 11. The largest absolute Gasteiger partial charge is 0.354 e. The Balaban J connectivity index is 2.01. The summed E-state index contributed by atoms with van der Waals surface area (Å²) in [6.45, 7) is 2.48. The summed E-state index contributed by atoms with van der Waals surface area (Å²) in [5.41, 5.74) is 1.70. The van der Waals surface area contributed by atoms with Crippen LogP contribution >= 0.6 is 23.2 Å². The molecule has 0 aliphatic carbocycles. The van der Waals surface area contributed by atoms with Crippen molar-refractivity contribution < 1.29 is 14.5 Å². The SMILES string of the molecule is CCCNC(=O)[C@H](Cc1ccccc1)N(Cc1ccc(Cl)c(Cl)c1)C(=O)Cc1ccccc1[N+](=O)[O-]. The first-order chi connectivity index (χ1) is 17.3. The molecular weight excluding hydrogens is 501 g/mol. The fourth-order valence-corrected chi connectivity index (χ4v) is 4.18. The molecule has 3 rings (SSSR count). The van der Waals surface area contributed by atoms with Gasteiger partial charge in [-0.25, -0.2) is 0 Å². The smallest absolute Gasteiger partial charge is 0.273 e. The Bertz CT molecular complexity index is 1220. The summed E-state index contributed by atoms with van der Waals surface area (Å²) in [4.78, 5) is 39.5. The summed E-state index contributed by atoms with van der Waals surface area (Å²) in [5, 5.41) is 15.1. The van der Waals surface area contributed by atoms with E-state index in [4.69, 9.17) is 23.2 Å². The number of para-hydroxylation sites is 1. The minimum absolute atomic E-state index is 0.0768. The molecular formula is C27H27Cl2N3O4. The molecule has 3 aromatic carbocycles. The van der Waals surface area contributed by atoms with E-state index in [0.29, 0.717) is 22.2 Å². The van der Waals surface area contributed by atoms with Crippen molar-refractivity contribution in [3.8, 4) is 0 Å². The van der Waals surface area contributed by atoms with Crippen LogP contribution in [0, 0.1) is 10.1 Å². The molecule has 0 bridgehead atoms. The van der Waals surface area contributed by atoms with Gasteiger partial charge in [-0.05, 0) is 29.7 Å². The zero-order valence-corrected chi connectivity index (χ0v) is 21.3. The first-order valence-electron chi connectivity index (χ1n) is 11.6. The highest BCUT2D eigenvalue weighted by molar-refractivity contribution is 6.42. The van der Waals surface area contributed by atoms with Crippen LogP contribution in [0.3, 0.4) is 0 Å². The van der Waals surface area contributed by atoms with E-state index in [-0.39, 0.29) is 36.5 Å². The molecule has 9 heteroatoms. The molecule has 7 nitrogen and oxygen atoms in total. The number of amides is 2. The van der Waals surface area contributed by atoms with Gasteiger partial charge in [-0.15, -0.1) is 0 Å². The van der Waals surface area contributed by atoms with Gasteiger partial charge in [-0.2, -0.15) is 0 Å². The summed E-state index contributed by atoms with van der Waals surface area (Å²) in [6, 6.07) is 19.7. The molecule has 188 valence electrons. The van der Waals surface area contributed by atoms with E-state index in [2.05, 4.69) is 5.32 Å². The van der Waals surface area contributed by atoms with Crippen molar-refractivity contribution >= 4 is 40.7 Å². The second-order valence-electron chi connectivity index (χ2n) is 8.33. The molecule has 0 heterocycles. The summed E-state index contributed by atoms with van der Waals surface area (Å²) in [5.74, 6) is -0.709. The summed E-state index contributed by atoms with van der Waals surface area (Å²) >= 11 is 12.3. The van der Waals surface area contributed by atoms with Crippen molar-refractivity contribution in [2.45, 2.75) is 38.8 Å². The average Bonchev–Trinajstić information content (AvgIpc) is 2.87. The van der Waals surface area contributed by atoms with E-state index in [1.807, 2.05) is 37.3 Å². The molecule has 0 aromatic heterocycles. The van der Waals surface area contributed by atoms with Gasteiger partial charge in [0.1, 0.15) is 6.04 Å². The number of carbonyl (C=O) groups excluding carboxylic acids is 2. The van der Waals surface area contributed by atoms with Crippen molar-refractivity contribution in [2.75, 3.05) is 6.54 Å². The van der Waals surface area contributed by atoms with Crippen LogP contribution in [0.25, 0.3) is 0 Å². The van der Waals surface area contributed by atoms with Crippen LogP contribution < -0.4 is 5.32 Å². The highest BCUT2D eigenvalue weighted by atomic mass is 35.5. The highest BCUT2D eigenvalue weighted by Crippen LogP contribution is 2.25. The first kappa shape index (κ1) is 27.2. The number of nitro benzene ring substituents is 1. The van der Waals surface area contributed by atoms with Crippen molar-refractivity contribution in [1.29, 1.82) is 0 Å². The molecule has 0 radical (unpaired) electrons. The van der Waals surface area contributed by atoms with Crippen molar-refractivity contribution in [3.05, 3.63) is 110 Å². The van der Waals surface area contributed by atoms with E-state index in [1.54, 1.807) is 36.4 Å². The summed E-state index contributed by atoms with van der Waals surface area (Å²) < 4.78 is 0. The lowest BCUT2D eigenvalue weighted by atomic mass is 10.0. The van der Waals surface area contributed by atoms with Crippen LogP contribution in [0.5, 0.6) is 0 Å². The van der Waals surface area contributed by atoms with Gasteiger partial charge in [0.15, 0.2) is 0 Å². The predicted molar refractivity (Wildman–Crippen MR) is 141 cm³/mol.